The SMILES string of the molecule is COc1ccsc1C(=O)N1CCCC(CCl)C1. The zero-order valence-electron chi connectivity index (χ0n) is 9.82. The number of thiophene rings is 1. The highest BCUT2D eigenvalue weighted by atomic mass is 35.5. The number of amides is 1. The molecule has 1 aromatic heterocycles. The second-order valence-electron chi connectivity index (χ2n) is 4.23. The number of hydrogen-bond donors (Lipinski definition) is 0. The molecule has 0 aliphatic carbocycles. The van der Waals surface area contributed by atoms with Crippen LogP contribution in [0.2, 0.25) is 0 Å². The normalized spacial score (nSPS) is 20.4. The molecule has 0 bridgehead atoms. The van der Waals surface area contributed by atoms with Crippen molar-refractivity contribution in [3.8, 4) is 5.75 Å². The van der Waals surface area contributed by atoms with Crippen molar-refractivity contribution in [3.63, 3.8) is 0 Å². The van der Waals surface area contributed by atoms with Gasteiger partial charge >= 0.3 is 0 Å². The maximum absolute atomic E-state index is 12.3. The van der Waals surface area contributed by atoms with E-state index in [0.717, 1.165) is 25.9 Å². The Morgan fingerprint density at radius 2 is 2.53 bits per heavy atom. The van der Waals surface area contributed by atoms with E-state index in [4.69, 9.17) is 16.3 Å². The van der Waals surface area contributed by atoms with Crippen LogP contribution in [0.25, 0.3) is 0 Å². The predicted molar refractivity (Wildman–Crippen MR) is 70.2 cm³/mol. The van der Waals surface area contributed by atoms with Gasteiger partial charge in [-0.15, -0.1) is 22.9 Å². The minimum absolute atomic E-state index is 0.0756. The molecule has 1 unspecified atom stereocenters. The first kappa shape index (κ1) is 12.7. The Kier molecular flexibility index (Phi) is 4.29. The molecular formula is C12H16ClNO2S. The quantitative estimate of drug-likeness (QED) is 0.793. The van der Waals surface area contributed by atoms with Gasteiger partial charge in [-0.05, 0) is 30.2 Å². The first-order valence-corrected chi connectivity index (χ1v) is 7.14. The van der Waals surface area contributed by atoms with Gasteiger partial charge in [-0.1, -0.05) is 0 Å². The summed E-state index contributed by atoms with van der Waals surface area (Å²) >= 11 is 7.31. The molecule has 1 saturated heterocycles. The van der Waals surface area contributed by atoms with Crippen molar-refractivity contribution in [1.29, 1.82) is 0 Å². The average Bonchev–Trinajstić information content (AvgIpc) is 2.86. The Bertz CT molecular complexity index is 394. The maximum Gasteiger partial charge on any atom is 0.267 e. The molecule has 1 aliphatic rings. The summed E-state index contributed by atoms with van der Waals surface area (Å²) in [7, 11) is 1.59. The number of carbonyl (C=O) groups is 1. The number of carbonyl (C=O) groups excluding carboxylic acids is 1. The molecule has 1 atom stereocenters. The zero-order chi connectivity index (χ0) is 12.3. The summed E-state index contributed by atoms with van der Waals surface area (Å²) in [4.78, 5) is 14.9. The Balaban J connectivity index is 2.09. The first-order chi connectivity index (χ1) is 8.26. The summed E-state index contributed by atoms with van der Waals surface area (Å²) < 4.78 is 5.19. The van der Waals surface area contributed by atoms with Crippen molar-refractivity contribution >= 4 is 28.8 Å². The number of alkyl halides is 1. The highest BCUT2D eigenvalue weighted by Crippen LogP contribution is 2.28. The lowest BCUT2D eigenvalue weighted by Crippen LogP contribution is -2.40. The fourth-order valence-electron chi connectivity index (χ4n) is 2.13. The molecule has 1 amide bonds. The van der Waals surface area contributed by atoms with Crippen LogP contribution in [-0.2, 0) is 0 Å². The number of methoxy groups -OCH3 is 1. The summed E-state index contributed by atoms with van der Waals surface area (Å²) in [5, 5.41) is 1.88. The third-order valence-electron chi connectivity index (χ3n) is 3.07. The zero-order valence-corrected chi connectivity index (χ0v) is 11.4. The van der Waals surface area contributed by atoms with Gasteiger partial charge in [0, 0.05) is 19.0 Å². The molecular weight excluding hydrogens is 258 g/mol. The molecule has 1 fully saturated rings. The lowest BCUT2D eigenvalue weighted by Gasteiger charge is -2.31. The van der Waals surface area contributed by atoms with E-state index in [2.05, 4.69) is 0 Å². The number of likely N-dealkylation sites (tertiary alicyclic amines) is 1. The Labute approximate surface area is 110 Å². The van der Waals surface area contributed by atoms with Crippen molar-refractivity contribution in [3.05, 3.63) is 16.3 Å². The molecule has 2 rings (SSSR count). The van der Waals surface area contributed by atoms with Gasteiger partial charge in [0.05, 0.1) is 7.11 Å². The van der Waals surface area contributed by atoms with E-state index in [9.17, 15) is 4.79 Å². The standard InChI is InChI=1S/C12H16ClNO2S/c1-16-10-4-6-17-11(10)12(15)14-5-2-3-9(7-13)8-14/h4,6,9H,2-3,5,7-8H2,1H3. The number of nitrogens with zero attached hydrogens (tertiary/aromatic N) is 1. The topological polar surface area (TPSA) is 29.5 Å². The van der Waals surface area contributed by atoms with Gasteiger partial charge in [-0.2, -0.15) is 0 Å². The smallest absolute Gasteiger partial charge is 0.267 e. The van der Waals surface area contributed by atoms with Gasteiger partial charge in [-0.3, -0.25) is 4.79 Å². The summed E-state index contributed by atoms with van der Waals surface area (Å²) in [6, 6.07) is 1.83. The van der Waals surface area contributed by atoms with Crippen LogP contribution in [0.1, 0.15) is 22.5 Å². The molecule has 17 heavy (non-hydrogen) atoms. The van der Waals surface area contributed by atoms with Gasteiger partial charge in [0.25, 0.3) is 5.91 Å². The minimum atomic E-state index is 0.0756. The third kappa shape index (κ3) is 2.75. The molecule has 5 heteroatoms. The van der Waals surface area contributed by atoms with Gasteiger partial charge in [0.15, 0.2) is 0 Å². The largest absolute Gasteiger partial charge is 0.495 e. The van der Waals surface area contributed by atoms with Gasteiger partial charge < -0.3 is 9.64 Å². The van der Waals surface area contributed by atoms with Crippen LogP contribution in [0.5, 0.6) is 5.75 Å². The van der Waals surface area contributed by atoms with E-state index in [-0.39, 0.29) is 5.91 Å². The number of piperidine rings is 1. The van der Waals surface area contributed by atoms with Crippen molar-refractivity contribution in [2.75, 3.05) is 26.1 Å². The highest BCUT2D eigenvalue weighted by molar-refractivity contribution is 7.12. The summed E-state index contributed by atoms with van der Waals surface area (Å²) in [6.07, 6.45) is 2.16. The number of hydrogen-bond acceptors (Lipinski definition) is 3. The fourth-order valence-corrected chi connectivity index (χ4v) is 3.21. The van der Waals surface area contributed by atoms with E-state index in [0.29, 0.717) is 22.4 Å². The molecule has 0 radical (unpaired) electrons. The second-order valence-corrected chi connectivity index (χ2v) is 5.46. The van der Waals surface area contributed by atoms with Crippen LogP contribution in [0.15, 0.2) is 11.4 Å². The lowest BCUT2D eigenvalue weighted by molar-refractivity contribution is 0.0687. The van der Waals surface area contributed by atoms with Crippen molar-refractivity contribution < 1.29 is 9.53 Å². The monoisotopic (exact) mass is 273 g/mol. The van der Waals surface area contributed by atoms with Crippen LogP contribution in [-0.4, -0.2) is 36.9 Å². The highest BCUT2D eigenvalue weighted by Gasteiger charge is 2.26. The van der Waals surface area contributed by atoms with E-state index in [1.807, 2.05) is 16.3 Å². The van der Waals surface area contributed by atoms with Crippen LogP contribution in [0, 0.1) is 5.92 Å². The summed E-state index contributed by atoms with van der Waals surface area (Å²) in [5.41, 5.74) is 0. The Morgan fingerprint density at radius 1 is 1.71 bits per heavy atom. The summed E-state index contributed by atoms with van der Waals surface area (Å²) in [5.74, 6) is 1.81. The molecule has 0 N–H and O–H groups in total. The number of rotatable bonds is 3. The molecule has 2 heterocycles. The molecule has 1 aromatic rings. The molecule has 94 valence electrons. The van der Waals surface area contributed by atoms with Crippen LogP contribution in [0.3, 0.4) is 0 Å². The maximum atomic E-state index is 12.3. The van der Waals surface area contributed by atoms with Crippen LogP contribution < -0.4 is 4.74 Å². The van der Waals surface area contributed by atoms with Crippen molar-refractivity contribution in [2.45, 2.75) is 12.8 Å². The first-order valence-electron chi connectivity index (χ1n) is 5.73. The van der Waals surface area contributed by atoms with Crippen LogP contribution >= 0.6 is 22.9 Å². The third-order valence-corrected chi connectivity index (χ3v) is 4.39. The minimum Gasteiger partial charge on any atom is -0.495 e. The van der Waals surface area contributed by atoms with Gasteiger partial charge in [0.1, 0.15) is 10.6 Å². The molecule has 0 spiro atoms. The van der Waals surface area contributed by atoms with Crippen molar-refractivity contribution in [1.82, 2.24) is 4.90 Å². The molecule has 1 aliphatic heterocycles. The lowest BCUT2D eigenvalue weighted by atomic mass is 10.00. The Hall–Kier alpha value is -0.740. The van der Waals surface area contributed by atoms with E-state index < -0.39 is 0 Å². The van der Waals surface area contributed by atoms with E-state index in [1.165, 1.54) is 11.3 Å². The van der Waals surface area contributed by atoms with Gasteiger partial charge in [-0.25, -0.2) is 0 Å². The van der Waals surface area contributed by atoms with Gasteiger partial charge in [0.2, 0.25) is 0 Å². The summed E-state index contributed by atoms with van der Waals surface area (Å²) in [6.45, 7) is 1.59. The molecule has 0 saturated carbocycles. The van der Waals surface area contributed by atoms with E-state index in [1.54, 1.807) is 7.11 Å². The molecule has 0 aromatic carbocycles. The predicted octanol–water partition coefficient (Wildman–Crippen LogP) is 2.85. The van der Waals surface area contributed by atoms with E-state index >= 15 is 0 Å². The van der Waals surface area contributed by atoms with Crippen molar-refractivity contribution in [2.24, 2.45) is 5.92 Å². The number of ether oxygens (including phenoxy) is 1. The number of halogens is 1. The second kappa shape index (κ2) is 5.74. The molecule has 3 nitrogen and oxygen atoms in total. The Morgan fingerprint density at radius 3 is 3.24 bits per heavy atom. The van der Waals surface area contributed by atoms with Crippen LogP contribution in [0.4, 0.5) is 0 Å². The average molecular weight is 274 g/mol. The fraction of sp³-hybridized carbons (Fsp3) is 0.583.